The van der Waals surface area contributed by atoms with Gasteiger partial charge in [0.15, 0.2) is 17.3 Å². The Morgan fingerprint density at radius 1 is 1.03 bits per heavy atom. The van der Waals surface area contributed by atoms with Crippen molar-refractivity contribution < 1.29 is 14.3 Å². The van der Waals surface area contributed by atoms with Gasteiger partial charge < -0.3 is 19.3 Å². The summed E-state index contributed by atoms with van der Waals surface area (Å²) in [5.74, 6) is 2.86. The molecule has 5 heterocycles. The molecule has 1 amide bonds. The normalized spacial score (nSPS) is 17.6. The van der Waals surface area contributed by atoms with Gasteiger partial charge in [0.25, 0.3) is 5.91 Å². The SMILES string of the molecule is Cc1sc2nc(-c3cccnc3)nc(N3CCN(C(=O)[C@@H]4COc5ccccc5O4)CC3)c2c1C. The topological polar surface area (TPSA) is 80.7 Å². The Bertz CT molecular complexity index is 1400. The number of rotatable bonds is 3. The molecule has 0 spiro atoms. The van der Waals surface area contributed by atoms with Gasteiger partial charge in [0.2, 0.25) is 6.10 Å². The summed E-state index contributed by atoms with van der Waals surface area (Å²) < 4.78 is 11.7. The number of aromatic nitrogens is 3. The molecule has 0 radical (unpaired) electrons. The van der Waals surface area contributed by atoms with Crippen molar-refractivity contribution in [3.05, 3.63) is 59.2 Å². The molecule has 8 nitrogen and oxygen atoms in total. The van der Waals surface area contributed by atoms with Crippen molar-refractivity contribution in [2.45, 2.75) is 20.0 Å². The number of aryl methyl sites for hydroxylation is 2. The van der Waals surface area contributed by atoms with E-state index in [1.54, 1.807) is 23.7 Å². The number of fused-ring (bicyclic) bond motifs is 2. The highest BCUT2D eigenvalue weighted by atomic mass is 32.1. The van der Waals surface area contributed by atoms with E-state index in [4.69, 9.17) is 19.4 Å². The fraction of sp³-hybridized carbons (Fsp3) is 0.308. The second-order valence-electron chi connectivity index (χ2n) is 8.75. The summed E-state index contributed by atoms with van der Waals surface area (Å²) in [7, 11) is 0. The smallest absolute Gasteiger partial charge is 0.267 e. The van der Waals surface area contributed by atoms with Crippen LogP contribution < -0.4 is 14.4 Å². The van der Waals surface area contributed by atoms with Gasteiger partial charge in [-0.15, -0.1) is 11.3 Å². The Kier molecular flexibility index (Phi) is 5.49. The molecule has 1 aromatic carbocycles. The Balaban J connectivity index is 1.23. The number of para-hydroxylation sites is 2. The van der Waals surface area contributed by atoms with Crippen LogP contribution in [-0.2, 0) is 4.79 Å². The molecule has 1 saturated heterocycles. The summed E-state index contributed by atoms with van der Waals surface area (Å²) in [5, 5.41) is 1.10. The molecule has 178 valence electrons. The van der Waals surface area contributed by atoms with Crippen LogP contribution in [-0.4, -0.2) is 64.6 Å². The first-order chi connectivity index (χ1) is 17.1. The van der Waals surface area contributed by atoms with Gasteiger partial charge in [-0.1, -0.05) is 12.1 Å². The minimum absolute atomic E-state index is 0.0365. The minimum atomic E-state index is -0.624. The molecule has 2 aliphatic rings. The number of thiophene rings is 1. The molecule has 6 rings (SSSR count). The van der Waals surface area contributed by atoms with Crippen molar-refractivity contribution in [3.63, 3.8) is 0 Å². The fourth-order valence-electron chi connectivity index (χ4n) is 4.56. The zero-order chi connectivity index (χ0) is 23.9. The van der Waals surface area contributed by atoms with Crippen LogP contribution in [0, 0.1) is 13.8 Å². The molecule has 0 N–H and O–H groups in total. The van der Waals surface area contributed by atoms with E-state index in [-0.39, 0.29) is 12.5 Å². The van der Waals surface area contributed by atoms with E-state index >= 15 is 0 Å². The molecule has 4 aromatic rings. The van der Waals surface area contributed by atoms with E-state index in [0.29, 0.717) is 43.5 Å². The van der Waals surface area contributed by atoms with Crippen molar-refractivity contribution in [2.75, 3.05) is 37.7 Å². The molecular formula is C26H25N5O3S. The largest absolute Gasteiger partial charge is 0.485 e. The molecule has 0 bridgehead atoms. The summed E-state index contributed by atoms with van der Waals surface area (Å²) in [6, 6.07) is 11.3. The van der Waals surface area contributed by atoms with Gasteiger partial charge in [-0.2, -0.15) is 0 Å². The van der Waals surface area contributed by atoms with Crippen molar-refractivity contribution in [1.82, 2.24) is 19.9 Å². The zero-order valence-electron chi connectivity index (χ0n) is 19.6. The maximum atomic E-state index is 13.2. The van der Waals surface area contributed by atoms with Gasteiger partial charge in [0.1, 0.15) is 17.3 Å². The number of pyridine rings is 1. The third-order valence-corrected chi connectivity index (χ3v) is 7.71. The molecule has 2 aliphatic heterocycles. The lowest BCUT2D eigenvalue weighted by Crippen LogP contribution is -2.54. The number of hydrogen-bond donors (Lipinski definition) is 0. The maximum Gasteiger partial charge on any atom is 0.267 e. The first kappa shape index (κ1) is 21.8. The summed E-state index contributed by atoms with van der Waals surface area (Å²) in [6.45, 7) is 7.03. The van der Waals surface area contributed by atoms with E-state index in [1.165, 1.54) is 10.4 Å². The van der Waals surface area contributed by atoms with E-state index in [9.17, 15) is 4.79 Å². The Morgan fingerprint density at radius 2 is 1.83 bits per heavy atom. The number of piperazine rings is 1. The summed E-state index contributed by atoms with van der Waals surface area (Å²) >= 11 is 1.69. The number of carbonyl (C=O) groups is 1. The predicted molar refractivity (Wildman–Crippen MR) is 135 cm³/mol. The summed E-state index contributed by atoms with van der Waals surface area (Å²) in [6.07, 6.45) is 2.92. The third-order valence-electron chi connectivity index (χ3n) is 6.60. The number of nitrogens with zero attached hydrogens (tertiary/aromatic N) is 5. The molecule has 35 heavy (non-hydrogen) atoms. The highest BCUT2D eigenvalue weighted by Gasteiger charge is 2.33. The van der Waals surface area contributed by atoms with E-state index in [0.717, 1.165) is 21.6 Å². The number of benzene rings is 1. The molecule has 1 atom stereocenters. The molecule has 0 saturated carbocycles. The van der Waals surface area contributed by atoms with Gasteiger partial charge in [-0.05, 0) is 43.7 Å². The number of anilines is 1. The lowest BCUT2D eigenvalue weighted by Gasteiger charge is -2.38. The van der Waals surface area contributed by atoms with Crippen LogP contribution in [0.3, 0.4) is 0 Å². The average molecular weight is 488 g/mol. The standard InChI is InChI=1S/C26H25N5O3S/c1-16-17(2)35-25-22(16)24(28-23(29-25)18-6-5-9-27-14-18)30-10-12-31(13-11-30)26(32)21-15-33-19-7-3-4-8-20(19)34-21/h3-9,14,21H,10-13,15H2,1-2H3/t21-/m0/s1. The van der Waals surface area contributed by atoms with Crippen molar-refractivity contribution >= 4 is 33.3 Å². The first-order valence-electron chi connectivity index (χ1n) is 11.7. The second-order valence-corrected chi connectivity index (χ2v) is 9.96. The number of carbonyl (C=O) groups excluding carboxylic acids is 1. The van der Waals surface area contributed by atoms with Crippen LogP contribution in [0.25, 0.3) is 21.6 Å². The first-order valence-corrected chi connectivity index (χ1v) is 12.5. The number of ether oxygens (including phenoxy) is 2. The Labute approximate surface area is 207 Å². The van der Waals surface area contributed by atoms with Gasteiger partial charge in [0, 0.05) is 49.0 Å². The fourth-order valence-corrected chi connectivity index (χ4v) is 5.59. The number of amides is 1. The minimum Gasteiger partial charge on any atom is -0.485 e. The summed E-state index contributed by atoms with van der Waals surface area (Å²) in [5.41, 5.74) is 2.10. The van der Waals surface area contributed by atoms with Gasteiger partial charge in [0.05, 0.1) is 5.39 Å². The molecule has 0 unspecified atom stereocenters. The highest BCUT2D eigenvalue weighted by molar-refractivity contribution is 7.18. The van der Waals surface area contributed by atoms with Gasteiger partial charge in [-0.3, -0.25) is 9.78 Å². The predicted octanol–water partition coefficient (Wildman–Crippen LogP) is 3.86. The average Bonchev–Trinajstić information content (AvgIpc) is 3.21. The Morgan fingerprint density at radius 3 is 2.60 bits per heavy atom. The van der Waals surface area contributed by atoms with Crippen LogP contribution in [0.1, 0.15) is 10.4 Å². The quantitative estimate of drug-likeness (QED) is 0.434. The molecule has 0 aliphatic carbocycles. The monoisotopic (exact) mass is 487 g/mol. The van der Waals surface area contributed by atoms with Crippen LogP contribution in [0.15, 0.2) is 48.8 Å². The van der Waals surface area contributed by atoms with Crippen molar-refractivity contribution in [2.24, 2.45) is 0 Å². The second kappa shape index (κ2) is 8.81. The molecule has 1 fully saturated rings. The van der Waals surface area contributed by atoms with Crippen LogP contribution in [0.5, 0.6) is 11.5 Å². The van der Waals surface area contributed by atoms with Gasteiger partial charge >= 0.3 is 0 Å². The van der Waals surface area contributed by atoms with Crippen molar-refractivity contribution in [3.8, 4) is 22.9 Å². The molecular weight excluding hydrogens is 462 g/mol. The summed E-state index contributed by atoms with van der Waals surface area (Å²) in [4.78, 5) is 33.6. The lowest BCUT2D eigenvalue weighted by molar-refractivity contribution is -0.141. The van der Waals surface area contributed by atoms with E-state index in [1.807, 2.05) is 41.3 Å². The van der Waals surface area contributed by atoms with Crippen LogP contribution >= 0.6 is 11.3 Å². The molecule has 3 aromatic heterocycles. The van der Waals surface area contributed by atoms with Crippen LogP contribution in [0.4, 0.5) is 5.82 Å². The van der Waals surface area contributed by atoms with E-state index < -0.39 is 6.10 Å². The Hall–Kier alpha value is -3.72. The van der Waals surface area contributed by atoms with Crippen LogP contribution in [0.2, 0.25) is 0 Å². The highest BCUT2D eigenvalue weighted by Crippen LogP contribution is 2.37. The lowest BCUT2D eigenvalue weighted by atomic mass is 10.1. The van der Waals surface area contributed by atoms with E-state index in [2.05, 4.69) is 23.7 Å². The van der Waals surface area contributed by atoms with Gasteiger partial charge in [-0.25, -0.2) is 9.97 Å². The maximum absolute atomic E-state index is 13.2. The zero-order valence-corrected chi connectivity index (χ0v) is 20.4. The number of hydrogen-bond acceptors (Lipinski definition) is 8. The third kappa shape index (κ3) is 3.95. The van der Waals surface area contributed by atoms with Crippen molar-refractivity contribution in [1.29, 1.82) is 0 Å². The molecule has 9 heteroatoms.